The van der Waals surface area contributed by atoms with Gasteiger partial charge >= 0.3 is 0 Å². The Bertz CT molecular complexity index is 3730. The SMILES string of the molecule is C/C(O)=C/C(=O)CCc1ccccc1-c1cc(-c2ccccc2-c2ccc3c(c2)c2ccccc2n2ccnc32)cc(-c2ccccc2-c2ccc3c(c2)c2ccccc2n2ccnc32)c1. The summed E-state index contributed by atoms with van der Waals surface area (Å²) >= 11 is 0. The number of aromatic nitrogens is 4. The van der Waals surface area contributed by atoms with Crippen molar-refractivity contribution in [1.29, 1.82) is 0 Å². The number of hydrogen-bond acceptors (Lipinski definition) is 4. The number of para-hydroxylation sites is 2. The zero-order valence-electron chi connectivity index (χ0n) is 36.2. The number of ketones is 1. The van der Waals surface area contributed by atoms with Crippen molar-refractivity contribution < 1.29 is 9.90 Å². The molecule has 0 atom stereocenters. The molecule has 0 saturated carbocycles. The summed E-state index contributed by atoms with van der Waals surface area (Å²) in [5.41, 5.74) is 16.2. The lowest BCUT2D eigenvalue weighted by Crippen LogP contribution is -1.99. The highest BCUT2D eigenvalue weighted by Gasteiger charge is 2.18. The molecule has 12 rings (SSSR count). The molecular weight excluding hydrogens is 809 g/mol. The fourth-order valence-electron chi connectivity index (χ4n) is 10.1. The van der Waals surface area contributed by atoms with Crippen LogP contribution in [0.4, 0.5) is 0 Å². The first-order chi connectivity index (χ1) is 32.5. The van der Waals surface area contributed by atoms with Gasteiger partial charge < -0.3 is 5.11 Å². The van der Waals surface area contributed by atoms with Crippen molar-refractivity contribution in [2.24, 2.45) is 0 Å². The van der Waals surface area contributed by atoms with Crippen LogP contribution < -0.4 is 0 Å². The monoisotopic (exact) mass is 850 g/mol. The van der Waals surface area contributed by atoms with Gasteiger partial charge in [0.05, 0.1) is 16.8 Å². The summed E-state index contributed by atoms with van der Waals surface area (Å²) in [6, 6.07) is 63.3. The molecule has 0 aliphatic carbocycles. The van der Waals surface area contributed by atoms with E-state index in [1.807, 2.05) is 30.9 Å². The maximum atomic E-state index is 12.9. The minimum Gasteiger partial charge on any atom is -0.512 e. The van der Waals surface area contributed by atoms with E-state index in [4.69, 9.17) is 9.97 Å². The van der Waals surface area contributed by atoms with E-state index in [1.54, 1.807) is 0 Å². The van der Waals surface area contributed by atoms with Gasteiger partial charge in [0.2, 0.25) is 0 Å². The largest absolute Gasteiger partial charge is 0.512 e. The first-order valence-electron chi connectivity index (χ1n) is 22.3. The van der Waals surface area contributed by atoms with Crippen LogP contribution in [0.1, 0.15) is 18.9 Å². The van der Waals surface area contributed by atoms with Gasteiger partial charge in [0.25, 0.3) is 0 Å². The van der Waals surface area contributed by atoms with Gasteiger partial charge in [-0.3, -0.25) is 13.6 Å². The number of rotatable bonds is 9. The zero-order chi connectivity index (χ0) is 44.3. The van der Waals surface area contributed by atoms with Crippen molar-refractivity contribution in [1.82, 2.24) is 18.8 Å². The lowest BCUT2D eigenvalue weighted by atomic mass is 9.86. The Kier molecular flexibility index (Phi) is 9.39. The fourth-order valence-corrected chi connectivity index (χ4v) is 10.1. The van der Waals surface area contributed by atoms with Crippen molar-refractivity contribution in [2.75, 3.05) is 0 Å². The van der Waals surface area contributed by atoms with Gasteiger partial charge in [-0.1, -0.05) is 121 Å². The summed E-state index contributed by atoms with van der Waals surface area (Å²) in [5, 5.41) is 16.7. The van der Waals surface area contributed by atoms with E-state index < -0.39 is 0 Å². The molecule has 0 spiro atoms. The molecule has 8 aromatic carbocycles. The van der Waals surface area contributed by atoms with Crippen LogP contribution in [0.5, 0.6) is 0 Å². The maximum Gasteiger partial charge on any atom is 0.159 e. The predicted octanol–water partition coefficient (Wildman–Crippen LogP) is 14.9. The Morgan fingerprint density at radius 3 is 1.39 bits per heavy atom. The third-order valence-corrected chi connectivity index (χ3v) is 13.1. The van der Waals surface area contributed by atoms with E-state index >= 15 is 0 Å². The van der Waals surface area contributed by atoms with Gasteiger partial charge in [0.1, 0.15) is 11.3 Å². The summed E-state index contributed by atoms with van der Waals surface area (Å²) in [4.78, 5) is 22.4. The van der Waals surface area contributed by atoms with Crippen LogP contribution in [0.3, 0.4) is 0 Å². The number of allylic oxidation sites excluding steroid dienone is 2. The van der Waals surface area contributed by atoms with Crippen molar-refractivity contribution in [3.05, 3.63) is 218 Å². The minimum absolute atomic E-state index is 0.0202. The molecule has 0 amide bonds. The second-order valence-corrected chi connectivity index (χ2v) is 17.1. The molecule has 6 heteroatoms. The van der Waals surface area contributed by atoms with Crippen molar-refractivity contribution in [3.8, 4) is 55.6 Å². The number of imidazole rings is 2. The van der Waals surface area contributed by atoms with Gasteiger partial charge in [-0.15, -0.1) is 0 Å². The van der Waals surface area contributed by atoms with Crippen LogP contribution in [-0.2, 0) is 11.2 Å². The normalized spacial score (nSPS) is 12.0. The third-order valence-electron chi connectivity index (χ3n) is 13.1. The second-order valence-electron chi connectivity index (χ2n) is 17.1. The molecule has 1 N–H and O–H groups in total. The number of aryl methyl sites for hydroxylation is 1. The van der Waals surface area contributed by atoms with Gasteiger partial charge in [-0.05, 0) is 140 Å². The quantitative estimate of drug-likeness (QED) is 0.0892. The molecule has 12 aromatic rings. The number of carbonyl (C=O) groups excluding carboxylic acids is 1. The topological polar surface area (TPSA) is 71.9 Å². The summed E-state index contributed by atoms with van der Waals surface area (Å²) in [5.74, 6) is -0.0813. The van der Waals surface area contributed by atoms with E-state index in [1.165, 1.54) is 23.8 Å². The molecule has 0 unspecified atom stereocenters. The second kappa shape index (κ2) is 15.9. The maximum absolute atomic E-state index is 12.9. The van der Waals surface area contributed by atoms with Crippen LogP contribution in [0.25, 0.3) is 110 Å². The van der Waals surface area contributed by atoms with Gasteiger partial charge in [-0.25, -0.2) is 9.97 Å². The van der Waals surface area contributed by atoms with Crippen LogP contribution in [0.15, 0.2) is 213 Å². The Labute approximate surface area is 381 Å². The van der Waals surface area contributed by atoms with Crippen LogP contribution >= 0.6 is 0 Å². The average molecular weight is 851 g/mol. The molecule has 0 fully saturated rings. The van der Waals surface area contributed by atoms with Crippen LogP contribution in [-0.4, -0.2) is 29.7 Å². The summed E-state index contributed by atoms with van der Waals surface area (Å²) < 4.78 is 4.35. The number of benzene rings is 8. The number of aliphatic hydroxyl groups is 1. The molecule has 4 aromatic heterocycles. The van der Waals surface area contributed by atoms with Crippen LogP contribution in [0.2, 0.25) is 0 Å². The number of hydrogen-bond donors (Lipinski definition) is 1. The Hall–Kier alpha value is -8.61. The van der Waals surface area contributed by atoms with Gasteiger partial charge in [-0.2, -0.15) is 0 Å². The molecule has 4 heterocycles. The summed E-state index contributed by atoms with van der Waals surface area (Å²) in [7, 11) is 0. The highest BCUT2D eigenvalue weighted by molar-refractivity contribution is 6.14. The zero-order valence-corrected chi connectivity index (χ0v) is 36.2. The molecule has 0 saturated heterocycles. The molecule has 6 nitrogen and oxygen atoms in total. The van der Waals surface area contributed by atoms with Crippen molar-refractivity contribution in [2.45, 2.75) is 19.8 Å². The molecule has 0 bridgehead atoms. The summed E-state index contributed by atoms with van der Waals surface area (Å²) in [6.07, 6.45) is 9.95. The van der Waals surface area contributed by atoms with E-state index in [2.05, 4.69) is 179 Å². The van der Waals surface area contributed by atoms with Crippen molar-refractivity contribution >= 4 is 60.4 Å². The summed E-state index contributed by atoms with van der Waals surface area (Å²) in [6.45, 7) is 1.53. The standard InChI is InChI=1S/C60H42N4O2/c1-38(65)32-45(66)25-22-39-12-2-3-13-46(39)42-33-43(49-16-6-4-14-47(49)40-23-26-53-55(36-40)51-18-8-10-20-57(51)63-30-28-61-59(53)63)35-44(34-42)50-17-7-5-15-48(50)41-24-27-54-56(37-41)52-19-9-11-21-58(52)64-31-29-62-60(54)64/h2-21,23-24,26-37,65H,22,25H2,1H3/b38-32-. The molecule has 0 aliphatic rings. The Morgan fingerprint density at radius 2 is 0.894 bits per heavy atom. The lowest BCUT2D eigenvalue weighted by Gasteiger charge is -2.18. The molecule has 0 aliphatic heterocycles. The first kappa shape index (κ1) is 39.0. The number of pyridine rings is 2. The molecule has 314 valence electrons. The number of carbonyl (C=O) groups is 1. The van der Waals surface area contributed by atoms with E-state index in [-0.39, 0.29) is 18.0 Å². The molecule has 0 radical (unpaired) electrons. The van der Waals surface area contributed by atoms with Crippen LogP contribution in [0, 0.1) is 0 Å². The van der Waals surface area contributed by atoms with Crippen molar-refractivity contribution in [3.63, 3.8) is 0 Å². The minimum atomic E-state index is -0.101. The first-order valence-corrected chi connectivity index (χ1v) is 22.3. The Balaban J connectivity index is 1.06. The molecular formula is C60H42N4O2. The van der Waals surface area contributed by atoms with E-state index in [0.29, 0.717) is 6.42 Å². The lowest BCUT2D eigenvalue weighted by molar-refractivity contribution is -0.114. The number of nitrogens with zero attached hydrogens (tertiary/aromatic N) is 4. The highest BCUT2D eigenvalue weighted by Crippen LogP contribution is 2.43. The fraction of sp³-hybridized carbons (Fsp3) is 0.0500. The smallest absolute Gasteiger partial charge is 0.159 e. The average Bonchev–Trinajstić information content (AvgIpc) is 4.08. The van der Waals surface area contributed by atoms with E-state index in [0.717, 1.165) is 105 Å². The Morgan fingerprint density at radius 1 is 0.470 bits per heavy atom. The number of fused-ring (bicyclic) bond motifs is 12. The predicted molar refractivity (Wildman–Crippen MR) is 271 cm³/mol. The number of aliphatic hydroxyl groups excluding tert-OH is 1. The highest BCUT2D eigenvalue weighted by atomic mass is 16.3. The molecule has 66 heavy (non-hydrogen) atoms. The van der Waals surface area contributed by atoms with Gasteiger partial charge in [0.15, 0.2) is 5.78 Å². The van der Waals surface area contributed by atoms with E-state index in [9.17, 15) is 9.90 Å². The van der Waals surface area contributed by atoms with Gasteiger partial charge in [0, 0.05) is 58.8 Å². The third kappa shape index (κ3) is 6.61.